The summed E-state index contributed by atoms with van der Waals surface area (Å²) in [7, 11) is 0. The van der Waals surface area contributed by atoms with Crippen molar-refractivity contribution in [2.75, 3.05) is 5.43 Å². The number of allylic oxidation sites excluding steroid dienone is 1. The van der Waals surface area contributed by atoms with Crippen molar-refractivity contribution in [1.29, 1.82) is 0 Å². The van der Waals surface area contributed by atoms with Gasteiger partial charge in [-0.1, -0.05) is 24.3 Å². The van der Waals surface area contributed by atoms with Gasteiger partial charge in [-0.25, -0.2) is 0 Å². The number of rotatable bonds is 4. The van der Waals surface area contributed by atoms with Gasteiger partial charge in [0.25, 0.3) is 0 Å². The molecule has 0 radical (unpaired) electrons. The van der Waals surface area contributed by atoms with Gasteiger partial charge in [-0.15, -0.1) is 6.58 Å². The molecule has 0 unspecified atom stereocenters. The van der Waals surface area contributed by atoms with E-state index in [1.165, 1.54) is 5.56 Å². The first-order valence-corrected chi connectivity index (χ1v) is 4.69. The second kappa shape index (κ2) is 5.22. The second-order valence-corrected chi connectivity index (χ2v) is 3.32. The quantitative estimate of drug-likeness (QED) is 0.438. The molecule has 1 N–H and O–H groups in total. The number of hydrogen-bond acceptors (Lipinski definition) is 2. The molecule has 0 aliphatic carbocycles. The molecule has 0 aromatic heterocycles. The summed E-state index contributed by atoms with van der Waals surface area (Å²) in [6.45, 7) is 7.65. The summed E-state index contributed by atoms with van der Waals surface area (Å²) in [5, 5.41) is 4.17. The topological polar surface area (TPSA) is 24.4 Å². The highest BCUT2D eigenvalue weighted by Gasteiger charge is 1.97. The third kappa shape index (κ3) is 3.05. The Morgan fingerprint density at radius 2 is 2.14 bits per heavy atom. The fourth-order valence-corrected chi connectivity index (χ4v) is 1.13. The maximum atomic E-state index is 4.17. The van der Waals surface area contributed by atoms with E-state index < -0.39 is 0 Å². The average molecular weight is 188 g/mol. The van der Waals surface area contributed by atoms with Crippen molar-refractivity contribution >= 4 is 11.4 Å². The summed E-state index contributed by atoms with van der Waals surface area (Å²) < 4.78 is 0. The van der Waals surface area contributed by atoms with E-state index in [2.05, 4.69) is 23.2 Å². The van der Waals surface area contributed by atoms with Crippen LogP contribution in [0.25, 0.3) is 0 Å². The molecule has 0 heterocycles. The van der Waals surface area contributed by atoms with E-state index in [0.717, 1.165) is 17.8 Å². The Kier molecular flexibility index (Phi) is 3.92. The Hall–Kier alpha value is -1.57. The normalized spacial score (nSPS) is 9.29. The zero-order valence-corrected chi connectivity index (χ0v) is 8.75. The Balaban J connectivity index is 2.84. The van der Waals surface area contributed by atoms with Crippen molar-refractivity contribution < 1.29 is 0 Å². The van der Waals surface area contributed by atoms with E-state index in [0.29, 0.717) is 0 Å². The second-order valence-electron chi connectivity index (χ2n) is 3.32. The largest absolute Gasteiger partial charge is 0.278 e. The molecular formula is C12H16N2. The van der Waals surface area contributed by atoms with Crippen LogP contribution in [0, 0.1) is 0 Å². The molecule has 74 valence electrons. The van der Waals surface area contributed by atoms with Crippen LogP contribution in [-0.4, -0.2) is 5.71 Å². The number of nitrogens with one attached hydrogen (secondary N) is 1. The van der Waals surface area contributed by atoms with Gasteiger partial charge in [0.15, 0.2) is 0 Å². The molecule has 0 bridgehead atoms. The highest BCUT2D eigenvalue weighted by atomic mass is 15.3. The summed E-state index contributed by atoms with van der Waals surface area (Å²) in [5.41, 5.74) is 6.32. The average Bonchev–Trinajstić information content (AvgIpc) is 2.17. The zero-order chi connectivity index (χ0) is 10.4. The third-order valence-corrected chi connectivity index (χ3v) is 1.78. The zero-order valence-electron chi connectivity index (χ0n) is 8.75. The van der Waals surface area contributed by atoms with Gasteiger partial charge in [0.2, 0.25) is 0 Å². The Labute approximate surface area is 85.3 Å². The van der Waals surface area contributed by atoms with Crippen LogP contribution in [0.15, 0.2) is 42.0 Å². The molecule has 0 aliphatic rings. The Morgan fingerprint density at radius 1 is 1.43 bits per heavy atom. The molecule has 0 saturated heterocycles. The van der Waals surface area contributed by atoms with Crippen LogP contribution in [0.2, 0.25) is 0 Å². The van der Waals surface area contributed by atoms with Crippen LogP contribution in [0.4, 0.5) is 5.69 Å². The van der Waals surface area contributed by atoms with Gasteiger partial charge in [-0.3, -0.25) is 5.43 Å². The number of hydrogen-bond donors (Lipinski definition) is 1. The minimum atomic E-state index is 0.863. The number of hydrazone groups is 1. The summed E-state index contributed by atoms with van der Waals surface area (Å²) >= 11 is 0. The van der Waals surface area contributed by atoms with Gasteiger partial charge in [-0.05, 0) is 31.9 Å². The van der Waals surface area contributed by atoms with E-state index in [9.17, 15) is 0 Å². The summed E-state index contributed by atoms with van der Waals surface area (Å²) in [5.74, 6) is 0. The van der Waals surface area contributed by atoms with Gasteiger partial charge in [-0.2, -0.15) is 5.10 Å². The first kappa shape index (κ1) is 10.5. The van der Waals surface area contributed by atoms with E-state index in [1.807, 2.05) is 38.1 Å². The fourth-order valence-electron chi connectivity index (χ4n) is 1.13. The van der Waals surface area contributed by atoms with E-state index in [1.54, 1.807) is 0 Å². The highest BCUT2D eigenvalue weighted by molar-refractivity contribution is 5.80. The van der Waals surface area contributed by atoms with Gasteiger partial charge in [0.05, 0.1) is 5.69 Å². The van der Waals surface area contributed by atoms with Crippen molar-refractivity contribution in [2.24, 2.45) is 5.10 Å². The molecule has 0 saturated carbocycles. The monoisotopic (exact) mass is 188 g/mol. The predicted molar refractivity (Wildman–Crippen MR) is 62.7 cm³/mol. The number of nitrogens with zero attached hydrogens (tertiary/aromatic N) is 1. The minimum Gasteiger partial charge on any atom is -0.278 e. The van der Waals surface area contributed by atoms with Crippen LogP contribution in [0.3, 0.4) is 0 Å². The standard InChI is InChI=1S/C12H16N2/c1-4-7-11-8-5-6-9-12(11)14-13-10(2)3/h4-6,8-9,14H,1,7H2,2-3H3. The van der Waals surface area contributed by atoms with Gasteiger partial charge >= 0.3 is 0 Å². The third-order valence-electron chi connectivity index (χ3n) is 1.78. The van der Waals surface area contributed by atoms with Crippen LogP contribution >= 0.6 is 0 Å². The molecule has 2 heteroatoms. The van der Waals surface area contributed by atoms with Crippen LogP contribution in [0.5, 0.6) is 0 Å². The van der Waals surface area contributed by atoms with Crippen LogP contribution in [0.1, 0.15) is 19.4 Å². The van der Waals surface area contributed by atoms with Crippen LogP contribution in [-0.2, 0) is 6.42 Å². The van der Waals surface area contributed by atoms with E-state index >= 15 is 0 Å². The summed E-state index contributed by atoms with van der Waals surface area (Å²) in [6.07, 6.45) is 2.75. The van der Waals surface area contributed by atoms with Crippen molar-refractivity contribution in [3.63, 3.8) is 0 Å². The lowest BCUT2D eigenvalue weighted by atomic mass is 10.1. The molecule has 0 amide bonds. The Bertz CT molecular complexity index is 336. The molecular weight excluding hydrogens is 172 g/mol. The van der Waals surface area contributed by atoms with Crippen molar-refractivity contribution in [1.82, 2.24) is 0 Å². The summed E-state index contributed by atoms with van der Waals surface area (Å²) in [4.78, 5) is 0. The molecule has 2 nitrogen and oxygen atoms in total. The number of anilines is 1. The number of benzene rings is 1. The van der Waals surface area contributed by atoms with Crippen molar-refractivity contribution in [3.05, 3.63) is 42.5 Å². The minimum absolute atomic E-state index is 0.863. The molecule has 1 aromatic rings. The Morgan fingerprint density at radius 3 is 2.79 bits per heavy atom. The smallest absolute Gasteiger partial charge is 0.0596 e. The maximum Gasteiger partial charge on any atom is 0.0596 e. The fraction of sp³-hybridized carbons (Fsp3) is 0.250. The summed E-state index contributed by atoms with van der Waals surface area (Å²) in [6, 6.07) is 8.11. The highest BCUT2D eigenvalue weighted by Crippen LogP contribution is 2.15. The maximum absolute atomic E-state index is 4.17. The molecule has 0 atom stereocenters. The molecule has 0 fully saturated rings. The first-order valence-electron chi connectivity index (χ1n) is 4.69. The van der Waals surface area contributed by atoms with Gasteiger partial charge in [0, 0.05) is 5.71 Å². The molecule has 1 rings (SSSR count). The molecule has 0 aliphatic heterocycles. The predicted octanol–water partition coefficient (Wildman–Crippen LogP) is 3.22. The molecule has 14 heavy (non-hydrogen) atoms. The SMILES string of the molecule is C=CCc1ccccc1NN=C(C)C. The van der Waals surface area contributed by atoms with Gasteiger partial charge < -0.3 is 0 Å². The van der Waals surface area contributed by atoms with E-state index in [4.69, 9.17) is 0 Å². The molecule has 0 spiro atoms. The lowest BCUT2D eigenvalue weighted by molar-refractivity contribution is 1.22. The lowest BCUT2D eigenvalue weighted by Crippen LogP contribution is -1.96. The number of para-hydroxylation sites is 1. The lowest BCUT2D eigenvalue weighted by Gasteiger charge is -2.06. The van der Waals surface area contributed by atoms with Gasteiger partial charge in [0.1, 0.15) is 0 Å². The first-order chi connectivity index (χ1) is 6.74. The molecule has 1 aromatic carbocycles. The van der Waals surface area contributed by atoms with E-state index in [-0.39, 0.29) is 0 Å². The van der Waals surface area contributed by atoms with Crippen molar-refractivity contribution in [3.8, 4) is 0 Å². The van der Waals surface area contributed by atoms with Crippen LogP contribution < -0.4 is 5.43 Å². The van der Waals surface area contributed by atoms with Crippen molar-refractivity contribution in [2.45, 2.75) is 20.3 Å².